The Morgan fingerprint density at radius 1 is 1.50 bits per heavy atom. The third-order valence-corrected chi connectivity index (χ3v) is 3.67. The topological polar surface area (TPSA) is 51.2 Å². The van der Waals surface area contributed by atoms with Gasteiger partial charge in [0.15, 0.2) is 5.13 Å². The zero-order chi connectivity index (χ0) is 12.5. The van der Waals surface area contributed by atoms with Crippen molar-refractivity contribution in [3.05, 3.63) is 40.4 Å². The predicted octanol–water partition coefficient (Wildman–Crippen LogP) is 2.64. The van der Waals surface area contributed by atoms with Crippen LogP contribution in [0.5, 0.6) is 5.75 Å². The molecular weight excluding hydrogens is 248 g/mol. The van der Waals surface area contributed by atoms with E-state index in [0.29, 0.717) is 17.3 Å². The van der Waals surface area contributed by atoms with Gasteiger partial charge in [-0.1, -0.05) is 0 Å². The number of carbonyl (C=O) groups excluding carboxylic acids is 1. The molecule has 0 unspecified atom stereocenters. The largest absolute Gasteiger partial charge is 0.493 e. The highest BCUT2D eigenvalue weighted by molar-refractivity contribution is 7.13. The van der Waals surface area contributed by atoms with Gasteiger partial charge in [-0.15, -0.1) is 11.3 Å². The van der Waals surface area contributed by atoms with E-state index in [4.69, 9.17) is 4.74 Å². The molecule has 0 saturated carbocycles. The molecule has 2 aromatic rings. The van der Waals surface area contributed by atoms with Crippen LogP contribution < -0.4 is 10.1 Å². The summed E-state index contributed by atoms with van der Waals surface area (Å²) in [5.74, 6) is 0.760. The number of fused-ring (bicyclic) bond motifs is 1. The van der Waals surface area contributed by atoms with Crippen LogP contribution in [-0.2, 0) is 6.42 Å². The summed E-state index contributed by atoms with van der Waals surface area (Å²) < 4.78 is 5.41. The molecular formula is C13H12N2O2S. The lowest BCUT2D eigenvalue weighted by Gasteiger charge is -2.04. The van der Waals surface area contributed by atoms with Gasteiger partial charge in [0.1, 0.15) is 5.75 Å². The Morgan fingerprint density at radius 2 is 2.39 bits per heavy atom. The molecule has 92 valence electrons. The van der Waals surface area contributed by atoms with E-state index in [9.17, 15) is 4.79 Å². The van der Waals surface area contributed by atoms with Gasteiger partial charge in [-0.2, -0.15) is 0 Å². The summed E-state index contributed by atoms with van der Waals surface area (Å²) >= 11 is 1.43. The minimum atomic E-state index is -0.126. The Balaban J connectivity index is 1.80. The smallest absolute Gasteiger partial charge is 0.257 e. The van der Waals surface area contributed by atoms with Gasteiger partial charge in [0.05, 0.1) is 12.3 Å². The molecule has 1 N–H and O–H groups in total. The number of hydrogen-bond acceptors (Lipinski definition) is 4. The lowest BCUT2D eigenvalue weighted by atomic mass is 10.1. The van der Waals surface area contributed by atoms with Crippen LogP contribution in [0.15, 0.2) is 23.6 Å². The molecule has 0 saturated heterocycles. The number of anilines is 1. The minimum Gasteiger partial charge on any atom is -0.493 e. The number of nitrogens with one attached hydrogen (secondary N) is 1. The third kappa shape index (κ3) is 2.09. The summed E-state index contributed by atoms with van der Waals surface area (Å²) in [6.45, 7) is 2.60. The van der Waals surface area contributed by atoms with E-state index in [1.807, 2.05) is 24.4 Å². The highest BCUT2D eigenvalue weighted by atomic mass is 32.1. The molecule has 1 aromatic heterocycles. The van der Waals surface area contributed by atoms with Crippen LogP contribution in [-0.4, -0.2) is 17.5 Å². The maximum Gasteiger partial charge on any atom is 0.257 e. The molecule has 1 aliphatic heterocycles. The van der Waals surface area contributed by atoms with Crippen molar-refractivity contribution in [3.63, 3.8) is 0 Å². The fourth-order valence-corrected chi connectivity index (χ4v) is 2.59. The predicted molar refractivity (Wildman–Crippen MR) is 70.4 cm³/mol. The molecule has 0 atom stereocenters. The number of ether oxygens (including phenoxy) is 1. The van der Waals surface area contributed by atoms with Crippen molar-refractivity contribution in [1.82, 2.24) is 4.98 Å². The molecule has 3 rings (SSSR count). The summed E-state index contributed by atoms with van der Waals surface area (Å²) in [7, 11) is 0. The molecule has 1 aliphatic rings. The molecule has 1 amide bonds. The Kier molecular flexibility index (Phi) is 2.76. The molecule has 0 aliphatic carbocycles. The normalized spacial score (nSPS) is 12.9. The summed E-state index contributed by atoms with van der Waals surface area (Å²) in [6.07, 6.45) is 0.868. The van der Waals surface area contributed by atoms with Gasteiger partial charge in [0.25, 0.3) is 5.91 Å². The molecule has 5 heteroatoms. The van der Waals surface area contributed by atoms with Gasteiger partial charge in [-0.25, -0.2) is 4.98 Å². The Morgan fingerprint density at radius 3 is 3.17 bits per heavy atom. The first-order chi connectivity index (χ1) is 8.72. The second kappa shape index (κ2) is 4.42. The fourth-order valence-electron chi connectivity index (χ4n) is 1.91. The second-order valence-corrected chi connectivity index (χ2v) is 5.03. The van der Waals surface area contributed by atoms with Gasteiger partial charge in [0.2, 0.25) is 0 Å². The number of aryl methyl sites for hydroxylation is 1. The van der Waals surface area contributed by atoms with Crippen LogP contribution in [0.1, 0.15) is 21.6 Å². The fraction of sp³-hybridized carbons (Fsp3) is 0.231. The van der Waals surface area contributed by atoms with Crippen molar-refractivity contribution in [1.29, 1.82) is 0 Å². The van der Waals surface area contributed by atoms with Crippen molar-refractivity contribution in [3.8, 4) is 5.75 Å². The van der Waals surface area contributed by atoms with Crippen molar-refractivity contribution in [2.24, 2.45) is 0 Å². The van der Waals surface area contributed by atoms with Crippen LogP contribution in [0, 0.1) is 6.92 Å². The lowest BCUT2D eigenvalue weighted by molar-refractivity contribution is 0.102. The van der Waals surface area contributed by atoms with E-state index in [2.05, 4.69) is 10.3 Å². The third-order valence-electron chi connectivity index (χ3n) is 2.79. The maximum absolute atomic E-state index is 12.0. The van der Waals surface area contributed by atoms with Crippen LogP contribution in [0.2, 0.25) is 0 Å². The SMILES string of the molecule is Cc1csc(NC(=O)c2ccc3c(c2)CCO3)n1. The minimum absolute atomic E-state index is 0.126. The quantitative estimate of drug-likeness (QED) is 0.903. The van der Waals surface area contributed by atoms with E-state index >= 15 is 0 Å². The summed E-state index contributed by atoms with van der Waals surface area (Å²) in [5.41, 5.74) is 2.66. The molecule has 2 heterocycles. The van der Waals surface area contributed by atoms with E-state index < -0.39 is 0 Å². The average molecular weight is 260 g/mol. The number of nitrogens with zero attached hydrogens (tertiary/aromatic N) is 1. The van der Waals surface area contributed by atoms with E-state index in [1.165, 1.54) is 11.3 Å². The molecule has 0 radical (unpaired) electrons. The Hall–Kier alpha value is -1.88. The number of aromatic nitrogens is 1. The van der Waals surface area contributed by atoms with E-state index in [-0.39, 0.29) is 5.91 Å². The van der Waals surface area contributed by atoms with Crippen LogP contribution in [0.25, 0.3) is 0 Å². The monoisotopic (exact) mass is 260 g/mol. The first kappa shape index (κ1) is 11.2. The van der Waals surface area contributed by atoms with Gasteiger partial charge in [-0.3, -0.25) is 10.1 Å². The number of amides is 1. The average Bonchev–Trinajstić information content (AvgIpc) is 2.96. The number of carbonyl (C=O) groups is 1. The Labute approximate surface area is 109 Å². The molecule has 4 nitrogen and oxygen atoms in total. The molecule has 0 bridgehead atoms. The lowest BCUT2D eigenvalue weighted by Crippen LogP contribution is -2.11. The van der Waals surface area contributed by atoms with Crippen molar-refractivity contribution < 1.29 is 9.53 Å². The first-order valence-corrected chi connectivity index (χ1v) is 6.59. The van der Waals surface area contributed by atoms with Crippen LogP contribution in [0.3, 0.4) is 0 Å². The second-order valence-electron chi connectivity index (χ2n) is 4.17. The zero-order valence-electron chi connectivity index (χ0n) is 9.90. The summed E-state index contributed by atoms with van der Waals surface area (Å²) in [5, 5.41) is 5.34. The molecule has 0 fully saturated rings. The van der Waals surface area contributed by atoms with Crippen LogP contribution >= 0.6 is 11.3 Å². The number of rotatable bonds is 2. The molecule has 0 spiro atoms. The number of hydrogen-bond donors (Lipinski definition) is 1. The summed E-state index contributed by atoms with van der Waals surface area (Å²) in [4.78, 5) is 16.2. The van der Waals surface area contributed by atoms with Gasteiger partial charge in [-0.05, 0) is 30.7 Å². The highest BCUT2D eigenvalue weighted by Gasteiger charge is 2.15. The zero-order valence-corrected chi connectivity index (χ0v) is 10.7. The van der Waals surface area contributed by atoms with Gasteiger partial charge >= 0.3 is 0 Å². The Bertz CT molecular complexity index is 607. The summed E-state index contributed by atoms with van der Waals surface area (Å²) in [6, 6.07) is 5.52. The first-order valence-electron chi connectivity index (χ1n) is 5.71. The standard InChI is InChI=1S/C13H12N2O2S/c1-8-7-18-13(14-8)15-12(16)10-2-3-11-9(6-10)4-5-17-11/h2-3,6-7H,4-5H2,1H3,(H,14,15,16). The van der Waals surface area contributed by atoms with E-state index in [0.717, 1.165) is 23.4 Å². The van der Waals surface area contributed by atoms with Gasteiger partial charge in [0, 0.05) is 17.4 Å². The number of benzene rings is 1. The van der Waals surface area contributed by atoms with Crippen molar-refractivity contribution >= 4 is 22.4 Å². The maximum atomic E-state index is 12.0. The molecule has 18 heavy (non-hydrogen) atoms. The van der Waals surface area contributed by atoms with Crippen molar-refractivity contribution in [2.75, 3.05) is 11.9 Å². The molecule has 1 aromatic carbocycles. The van der Waals surface area contributed by atoms with Gasteiger partial charge < -0.3 is 4.74 Å². The highest BCUT2D eigenvalue weighted by Crippen LogP contribution is 2.26. The van der Waals surface area contributed by atoms with Crippen LogP contribution in [0.4, 0.5) is 5.13 Å². The van der Waals surface area contributed by atoms with Crippen molar-refractivity contribution in [2.45, 2.75) is 13.3 Å². The van der Waals surface area contributed by atoms with E-state index in [1.54, 1.807) is 6.07 Å². The number of thiazole rings is 1.